The van der Waals surface area contributed by atoms with E-state index in [9.17, 15) is 9.90 Å². The minimum atomic E-state index is -3.49. The number of rotatable bonds is 17. The average molecular weight is 894 g/mol. The number of cyclic esters (lactones) is 1. The molecule has 1 aliphatic carbocycles. The van der Waals surface area contributed by atoms with E-state index in [1.54, 1.807) is 31.2 Å². The van der Waals surface area contributed by atoms with Crippen LogP contribution >= 0.6 is 0 Å². The van der Waals surface area contributed by atoms with Crippen LogP contribution in [0.1, 0.15) is 52.3 Å². The van der Waals surface area contributed by atoms with Gasteiger partial charge in [-0.1, -0.05) is 97.9 Å². The SMILES string of the molecule is COc1cc([C@@H]2c3cc4c(cc3[C@@H](NCC(F)(F)[C@@H]3O[C@H](COCc5ccccc5)[C@@H](OCc5ccccc5)[C@H](OCc5ccccc5)[C@H]3C)[C@H]3COC(=O)[C@H]23)OCO4)cc(OC)c1O. The van der Waals surface area contributed by atoms with Gasteiger partial charge in [-0.15, -0.1) is 0 Å². The maximum absolute atomic E-state index is 17.4. The average Bonchev–Trinajstić information content (AvgIpc) is 3.96. The second kappa shape index (κ2) is 19.4. The van der Waals surface area contributed by atoms with Crippen molar-refractivity contribution in [2.24, 2.45) is 17.8 Å². The molecule has 65 heavy (non-hydrogen) atoms. The van der Waals surface area contributed by atoms with Crippen molar-refractivity contribution in [3.05, 3.63) is 149 Å². The molecule has 2 fully saturated rings. The van der Waals surface area contributed by atoms with Crippen molar-refractivity contribution in [1.29, 1.82) is 0 Å². The maximum atomic E-state index is 17.4. The van der Waals surface area contributed by atoms with Crippen molar-refractivity contribution in [2.45, 2.75) is 69.0 Å². The highest BCUT2D eigenvalue weighted by Crippen LogP contribution is 2.56. The smallest absolute Gasteiger partial charge is 0.310 e. The molecular weight excluding hydrogens is 841 g/mol. The molecule has 5 aromatic rings. The molecule has 0 aromatic heterocycles. The minimum Gasteiger partial charge on any atom is -0.502 e. The molecule has 342 valence electrons. The van der Waals surface area contributed by atoms with Gasteiger partial charge in [0.2, 0.25) is 12.5 Å². The summed E-state index contributed by atoms with van der Waals surface area (Å²) in [6.45, 7) is 1.44. The van der Waals surface area contributed by atoms with E-state index in [4.69, 9.17) is 42.6 Å². The molecule has 12 nitrogen and oxygen atoms in total. The molecule has 0 bridgehead atoms. The van der Waals surface area contributed by atoms with Gasteiger partial charge in [0, 0.05) is 23.8 Å². The first-order valence-corrected chi connectivity index (χ1v) is 21.9. The first-order chi connectivity index (χ1) is 31.6. The summed E-state index contributed by atoms with van der Waals surface area (Å²) in [5.74, 6) is -5.84. The van der Waals surface area contributed by atoms with Crippen LogP contribution in [0.3, 0.4) is 0 Å². The van der Waals surface area contributed by atoms with Crippen LogP contribution < -0.4 is 24.3 Å². The molecule has 2 N–H and O–H groups in total. The lowest BCUT2D eigenvalue weighted by atomic mass is 9.65. The third-order valence-corrected chi connectivity index (χ3v) is 13.0. The van der Waals surface area contributed by atoms with Gasteiger partial charge >= 0.3 is 5.97 Å². The zero-order valence-electron chi connectivity index (χ0n) is 36.4. The molecule has 3 heterocycles. The molecule has 9 rings (SSSR count). The lowest BCUT2D eigenvalue weighted by Gasteiger charge is -2.48. The standard InChI is InChI=1S/C51H53F2NO11/c1-30-47(60-24-32-15-9-5-10-16-32)48(61-25-33-17-11-6-12-18-33)42(27-59-23-31-13-7-4-8-14-31)65-49(30)51(52,53)28-54-45-36-22-39-38(63-29-64-39)21-35(36)43(44-37(45)26-62-50(44)56)34-19-40(57-2)46(55)41(20-34)58-3/h4-22,30,37,42-45,47-49,54-55H,23-29H2,1-3H3/t30-,37+,42-,43-,44+,45-,47-,48-,49-/m1/s1. The van der Waals surface area contributed by atoms with Crippen LogP contribution in [-0.2, 0) is 48.3 Å². The number of phenolic OH excluding ortho intramolecular Hbond substituents is 1. The summed E-state index contributed by atoms with van der Waals surface area (Å²) in [7, 11) is 2.84. The number of carbonyl (C=O) groups excluding carboxylic acids is 1. The fourth-order valence-corrected chi connectivity index (χ4v) is 9.80. The molecule has 4 aliphatic rings. The Hall–Kier alpha value is -5.77. The lowest BCUT2D eigenvalue weighted by molar-refractivity contribution is -0.283. The summed E-state index contributed by atoms with van der Waals surface area (Å²) in [6, 6.07) is 34.9. The predicted octanol–water partition coefficient (Wildman–Crippen LogP) is 8.13. The van der Waals surface area contributed by atoms with Gasteiger partial charge in [-0.3, -0.25) is 4.79 Å². The second-order valence-electron chi connectivity index (χ2n) is 17.0. The van der Waals surface area contributed by atoms with Crippen molar-refractivity contribution < 1.29 is 61.3 Å². The van der Waals surface area contributed by atoms with Crippen molar-refractivity contribution in [3.8, 4) is 28.7 Å². The number of hydrogen-bond acceptors (Lipinski definition) is 12. The quantitative estimate of drug-likeness (QED) is 0.0874. The normalized spacial score (nSPS) is 25.7. The van der Waals surface area contributed by atoms with E-state index < -0.39 is 72.6 Å². The summed E-state index contributed by atoms with van der Waals surface area (Å²) >= 11 is 0. The number of phenols is 1. The Labute approximate surface area is 376 Å². The monoisotopic (exact) mass is 893 g/mol. The number of fused-ring (bicyclic) bond motifs is 3. The summed E-state index contributed by atoms with van der Waals surface area (Å²) in [6.07, 6.45) is -4.17. The number of carbonyl (C=O) groups is 1. The van der Waals surface area contributed by atoms with Crippen LogP contribution in [-0.4, -0.2) is 82.2 Å². The number of nitrogens with one attached hydrogen (secondary N) is 1. The molecule has 9 atom stereocenters. The molecular formula is C51H53F2NO11. The Morgan fingerprint density at radius 1 is 0.738 bits per heavy atom. The van der Waals surface area contributed by atoms with Gasteiger partial charge in [-0.25, -0.2) is 8.78 Å². The van der Waals surface area contributed by atoms with Crippen LogP contribution in [0, 0.1) is 17.8 Å². The van der Waals surface area contributed by atoms with E-state index in [0.29, 0.717) is 28.2 Å². The van der Waals surface area contributed by atoms with Crippen molar-refractivity contribution in [3.63, 3.8) is 0 Å². The Bertz CT molecular complexity index is 2380. The zero-order valence-corrected chi connectivity index (χ0v) is 36.4. The fourth-order valence-electron chi connectivity index (χ4n) is 9.80. The molecule has 2 saturated heterocycles. The molecule has 0 amide bonds. The van der Waals surface area contributed by atoms with Crippen LogP contribution in [0.15, 0.2) is 115 Å². The molecule has 0 radical (unpaired) electrons. The number of halogens is 2. The van der Waals surface area contributed by atoms with Crippen molar-refractivity contribution in [2.75, 3.05) is 40.8 Å². The van der Waals surface area contributed by atoms with Gasteiger partial charge in [0.1, 0.15) is 18.3 Å². The topological polar surface area (TPSA) is 132 Å². The number of aromatic hydroxyl groups is 1. The van der Waals surface area contributed by atoms with Crippen LogP contribution in [0.4, 0.5) is 8.78 Å². The van der Waals surface area contributed by atoms with E-state index in [0.717, 1.165) is 16.7 Å². The molecule has 5 aromatic carbocycles. The van der Waals surface area contributed by atoms with Gasteiger partial charge in [-0.2, -0.15) is 0 Å². The number of hydrogen-bond donors (Lipinski definition) is 2. The van der Waals surface area contributed by atoms with Crippen LogP contribution in [0.5, 0.6) is 28.7 Å². The maximum Gasteiger partial charge on any atom is 0.310 e. The van der Waals surface area contributed by atoms with Gasteiger partial charge in [0.05, 0.1) is 65.8 Å². The molecule has 0 saturated carbocycles. The van der Waals surface area contributed by atoms with Gasteiger partial charge in [-0.05, 0) is 57.6 Å². The van der Waals surface area contributed by atoms with E-state index in [-0.39, 0.29) is 57.1 Å². The lowest BCUT2D eigenvalue weighted by Crippen LogP contribution is -2.62. The minimum absolute atomic E-state index is 0.0174. The van der Waals surface area contributed by atoms with E-state index >= 15 is 8.78 Å². The first kappa shape index (κ1) is 44.4. The van der Waals surface area contributed by atoms with Gasteiger partial charge in [0.25, 0.3) is 5.92 Å². The van der Waals surface area contributed by atoms with Crippen LogP contribution in [0.2, 0.25) is 0 Å². The third kappa shape index (κ3) is 9.23. The number of ether oxygens (including phenoxy) is 9. The van der Waals surface area contributed by atoms with Crippen molar-refractivity contribution in [1.82, 2.24) is 5.32 Å². The van der Waals surface area contributed by atoms with Gasteiger partial charge in [0.15, 0.2) is 23.0 Å². The highest BCUT2D eigenvalue weighted by molar-refractivity contribution is 5.79. The molecule has 14 heteroatoms. The van der Waals surface area contributed by atoms with Gasteiger partial charge < -0.3 is 53.1 Å². The molecule has 0 spiro atoms. The molecule has 3 aliphatic heterocycles. The van der Waals surface area contributed by atoms with E-state index in [1.165, 1.54) is 14.2 Å². The highest BCUT2D eigenvalue weighted by atomic mass is 19.3. The number of esters is 1. The fraction of sp³-hybridized carbons (Fsp3) is 0.392. The summed E-state index contributed by atoms with van der Waals surface area (Å²) in [5, 5.41) is 14.0. The Balaban J connectivity index is 1.03. The summed E-state index contributed by atoms with van der Waals surface area (Å²) in [4.78, 5) is 13.8. The highest BCUT2D eigenvalue weighted by Gasteiger charge is 2.57. The number of benzene rings is 5. The molecule has 0 unspecified atom stereocenters. The van der Waals surface area contributed by atoms with Crippen LogP contribution in [0.25, 0.3) is 0 Å². The summed E-state index contributed by atoms with van der Waals surface area (Å²) in [5.41, 5.74) is 4.62. The van der Waals surface area contributed by atoms with Crippen molar-refractivity contribution >= 4 is 5.97 Å². The first-order valence-electron chi connectivity index (χ1n) is 21.9. The third-order valence-electron chi connectivity index (χ3n) is 13.0. The Morgan fingerprint density at radius 2 is 1.29 bits per heavy atom. The number of alkyl halides is 2. The number of methoxy groups -OCH3 is 2. The zero-order chi connectivity index (χ0) is 45.1. The Kier molecular flexibility index (Phi) is 13.2. The Morgan fingerprint density at radius 3 is 1.88 bits per heavy atom. The predicted molar refractivity (Wildman–Crippen MR) is 233 cm³/mol. The largest absolute Gasteiger partial charge is 0.502 e. The van der Waals surface area contributed by atoms with E-state index in [2.05, 4.69) is 5.32 Å². The summed E-state index contributed by atoms with van der Waals surface area (Å²) < 4.78 is 89.1. The second-order valence-corrected chi connectivity index (χ2v) is 17.0. The van der Waals surface area contributed by atoms with E-state index in [1.807, 2.05) is 91.0 Å².